The molecule has 3 fully saturated rings. The van der Waals surface area contributed by atoms with Gasteiger partial charge in [0.2, 0.25) is 0 Å². The Morgan fingerprint density at radius 2 is 1.83 bits per heavy atom. The molecular formula is C23H33N3O3. The zero-order valence-electron chi connectivity index (χ0n) is 17.5. The maximum absolute atomic E-state index is 6.47. The molecule has 5 rings (SSSR count). The van der Waals surface area contributed by atoms with Gasteiger partial charge >= 0.3 is 0 Å². The molecule has 1 saturated carbocycles. The molecule has 2 aromatic rings. The summed E-state index contributed by atoms with van der Waals surface area (Å²) in [5, 5.41) is 5.83. The Morgan fingerprint density at radius 1 is 1.00 bits per heavy atom. The number of aryl methyl sites for hydroxylation is 1. The van der Waals surface area contributed by atoms with Crippen molar-refractivity contribution in [1.82, 2.24) is 14.7 Å². The quantitative estimate of drug-likeness (QED) is 0.776. The maximum Gasteiger partial charge on any atom is 0.150 e. The number of nitrogens with zero attached hydrogens (tertiary/aromatic N) is 3. The lowest BCUT2D eigenvalue weighted by atomic mass is 9.91. The van der Waals surface area contributed by atoms with E-state index in [1.807, 2.05) is 6.20 Å². The Balaban J connectivity index is 1.25. The first-order valence-electron chi connectivity index (χ1n) is 11.4. The molecule has 1 aromatic carbocycles. The molecule has 2 saturated heterocycles. The third kappa shape index (κ3) is 4.03. The minimum absolute atomic E-state index is 0.0721. The largest absolute Gasteiger partial charge is 0.490 e. The number of hydrogen-bond donors (Lipinski definition) is 0. The average Bonchev–Trinajstić information content (AvgIpc) is 3.22. The molecular weight excluding hydrogens is 366 g/mol. The van der Waals surface area contributed by atoms with E-state index in [1.54, 1.807) is 0 Å². The highest BCUT2D eigenvalue weighted by molar-refractivity contribution is 5.84. The predicted octanol–water partition coefficient (Wildman–Crippen LogP) is 4.07. The average molecular weight is 400 g/mol. The van der Waals surface area contributed by atoms with Crippen molar-refractivity contribution < 1.29 is 14.2 Å². The molecule has 1 unspecified atom stereocenters. The van der Waals surface area contributed by atoms with E-state index in [1.165, 1.54) is 30.2 Å². The van der Waals surface area contributed by atoms with E-state index in [-0.39, 0.29) is 6.23 Å². The summed E-state index contributed by atoms with van der Waals surface area (Å²) >= 11 is 0. The predicted molar refractivity (Wildman–Crippen MR) is 112 cm³/mol. The summed E-state index contributed by atoms with van der Waals surface area (Å²) in [6, 6.07) is 4.99. The molecule has 2 aliphatic heterocycles. The minimum atomic E-state index is 0.0721. The van der Waals surface area contributed by atoms with Crippen LogP contribution in [0.5, 0.6) is 5.75 Å². The summed E-state index contributed by atoms with van der Waals surface area (Å²) in [6.07, 6.45) is 10.5. The van der Waals surface area contributed by atoms with Crippen LogP contribution in [0, 0.1) is 6.92 Å². The van der Waals surface area contributed by atoms with Gasteiger partial charge in [-0.3, -0.25) is 4.90 Å². The first-order chi connectivity index (χ1) is 14.3. The summed E-state index contributed by atoms with van der Waals surface area (Å²) < 4.78 is 20.0. The van der Waals surface area contributed by atoms with E-state index < -0.39 is 0 Å². The summed E-state index contributed by atoms with van der Waals surface area (Å²) in [6.45, 7) is 6.93. The van der Waals surface area contributed by atoms with E-state index in [2.05, 4.69) is 33.7 Å². The van der Waals surface area contributed by atoms with Crippen molar-refractivity contribution in [2.24, 2.45) is 0 Å². The number of rotatable bonds is 4. The molecule has 0 amide bonds. The van der Waals surface area contributed by atoms with Gasteiger partial charge in [-0.05, 0) is 64.0 Å². The lowest BCUT2D eigenvalue weighted by Gasteiger charge is -2.38. The highest BCUT2D eigenvalue weighted by Crippen LogP contribution is 2.34. The second kappa shape index (κ2) is 8.62. The molecule has 1 aliphatic carbocycles. The molecule has 29 heavy (non-hydrogen) atoms. The molecule has 0 N–H and O–H groups in total. The van der Waals surface area contributed by atoms with E-state index in [0.29, 0.717) is 12.1 Å². The summed E-state index contributed by atoms with van der Waals surface area (Å²) in [4.78, 5) is 2.61. The molecule has 0 radical (unpaired) electrons. The monoisotopic (exact) mass is 399 g/mol. The van der Waals surface area contributed by atoms with Gasteiger partial charge in [0.25, 0.3) is 0 Å². The molecule has 3 aliphatic rings. The first-order valence-corrected chi connectivity index (χ1v) is 11.4. The van der Waals surface area contributed by atoms with Gasteiger partial charge in [0.05, 0.1) is 31.0 Å². The third-order valence-electron chi connectivity index (χ3n) is 6.93. The van der Waals surface area contributed by atoms with Crippen LogP contribution in [0.25, 0.3) is 10.9 Å². The normalized spacial score (nSPS) is 29.2. The van der Waals surface area contributed by atoms with Gasteiger partial charge in [-0.1, -0.05) is 0 Å². The highest BCUT2D eigenvalue weighted by atomic mass is 16.5. The summed E-state index contributed by atoms with van der Waals surface area (Å²) in [7, 11) is 0. The van der Waals surface area contributed by atoms with Crippen molar-refractivity contribution in [3.63, 3.8) is 0 Å². The molecule has 0 spiro atoms. The fourth-order valence-electron chi connectivity index (χ4n) is 5.16. The number of morpholine rings is 1. The Morgan fingerprint density at radius 3 is 2.59 bits per heavy atom. The van der Waals surface area contributed by atoms with Crippen LogP contribution in [0.2, 0.25) is 0 Å². The van der Waals surface area contributed by atoms with Crippen LogP contribution >= 0.6 is 0 Å². The molecule has 6 heteroatoms. The molecule has 1 aromatic heterocycles. The van der Waals surface area contributed by atoms with Gasteiger partial charge in [0.1, 0.15) is 5.75 Å². The van der Waals surface area contributed by atoms with Crippen LogP contribution < -0.4 is 4.74 Å². The van der Waals surface area contributed by atoms with Crippen molar-refractivity contribution in [3.05, 3.63) is 23.9 Å². The van der Waals surface area contributed by atoms with Gasteiger partial charge in [0, 0.05) is 36.7 Å². The Bertz CT molecular complexity index is 816. The van der Waals surface area contributed by atoms with Crippen LogP contribution in [-0.4, -0.2) is 59.7 Å². The van der Waals surface area contributed by atoms with Crippen LogP contribution in [-0.2, 0) is 9.47 Å². The second-order valence-corrected chi connectivity index (χ2v) is 8.73. The molecule has 158 valence electrons. The van der Waals surface area contributed by atoms with Crippen LogP contribution in [0.4, 0.5) is 0 Å². The van der Waals surface area contributed by atoms with E-state index in [4.69, 9.17) is 14.2 Å². The van der Waals surface area contributed by atoms with Crippen molar-refractivity contribution in [1.29, 1.82) is 0 Å². The molecule has 0 bridgehead atoms. The van der Waals surface area contributed by atoms with Gasteiger partial charge in [-0.2, -0.15) is 5.10 Å². The van der Waals surface area contributed by atoms with Gasteiger partial charge in [0.15, 0.2) is 6.23 Å². The van der Waals surface area contributed by atoms with Crippen molar-refractivity contribution >= 4 is 10.9 Å². The standard InChI is InChI=1S/C23H33N3O3/c1-17-20-16-24-26(23-4-2-3-13-28-23)21(20)9-10-22(17)29-19-7-5-18(6-8-19)25-11-14-27-15-12-25/h9-10,16,18-19,23H,2-8,11-15H2,1H3/t18-,19+,23?. The zero-order valence-corrected chi connectivity index (χ0v) is 17.5. The number of hydrogen-bond acceptors (Lipinski definition) is 5. The Labute approximate surface area is 173 Å². The summed E-state index contributed by atoms with van der Waals surface area (Å²) in [5.41, 5.74) is 2.35. The maximum atomic E-state index is 6.47. The van der Waals surface area contributed by atoms with Gasteiger partial charge < -0.3 is 14.2 Å². The van der Waals surface area contributed by atoms with Gasteiger partial charge in [-0.15, -0.1) is 0 Å². The van der Waals surface area contributed by atoms with Crippen molar-refractivity contribution in [3.8, 4) is 5.75 Å². The van der Waals surface area contributed by atoms with Crippen LogP contribution in [0.15, 0.2) is 18.3 Å². The SMILES string of the molecule is Cc1c(O[C@H]2CC[C@@H](N3CCOCC3)CC2)ccc2c1cnn2C1CCCCO1. The third-order valence-corrected chi connectivity index (χ3v) is 6.93. The summed E-state index contributed by atoms with van der Waals surface area (Å²) in [5.74, 6) is 1.01. The zero-order chi connectivity index (χ0) is 19.6. The van der Waals surface area contributed by atoms with E-state index in [9.17, 15) is 0 Å². The molecule has 1 atom stereocenters. The van der Waals surface area contributed by atoms with Crippen molar-refractivity contribution in [2.75, 3.05) is 32.9 Å². The number of ether oxygens (including phenoxy) is 3. The first kappa shape index (κ1) is 19.3. The number of fused-ring (bicyclic) bond motifs is 1. The van der Waals surface area contributed by atoms with E-state index >= 15 is 0 Å². The molecule has 3 heterocycles. The fraction of sp³-hybridized carbons (Fsp3) is 0.696. The fourth-order valence-corrected chi connectivity index (χ4v) is 5.16. The molecule has 6 nitrogen and oxygen atoms in total. The second-order valence-electron chi connectivity index (χ2n) is 8.73. The number of benzene rings is 1. The number of aromatic nitrogens is 2. The van der Waals surface area contributed by atoms with Gasteiger partial charge in [-0.25, -0.2) is 4.68 Å². The lowest BCUT2D eigenvalue weighted by Crippen LogP contribution is -2.46. The van der Waals surface area contributed by atoms with Crippen molar-refractivity contribution in [2.45, 2.75) is 70.2 Å². The van der Waals surface area contributed by atoms with E-state index in [0.717, 1.165) is 69.9 Å². The van der Waals surface area contributed by atoms with Crippen LogP contribution in [0.3, 0.4) is 0 Å². The topological polar surface area (TPSA) is 48.8 Å². The highest BCUT2D eigenvalue weighted by Gasteiger charge is 2.28. The Hall–Kier alpha value is -1.63. The Kier molecular flexibility index (Phi) is 5.75. The van der Waals surface area contributed by atoms with Crippen LogP contribution in [0.1, 0.15) is 56.7 Å². The smallest absolute Gasteiger partial charge is 0.150 e. The lowest BCUT2D eigenvalue weighted by molar-refractivity contribution is -0.0366. The minimum Gasteiger partial charge on any atom is -0.490 e.